The van der Waals surface area contributed by atoms with Crippen LogP contribution in [0.3, 0.4) is 0 Å². The van der Waals surface area contributed by atoms with Gasteiger partial charge in [0.1, 0.15) is 6.73 Å². The highest BCUT2D eigenvalue weighted by atomic mass is 16.5. The van der Waals surface area contributed by atoms with E-state index in [2.05, 4.69) is 47.9 Å². The Bertz CT molecular complexity index is 389. The highest BCUT2D eigenvalue weighted by Gasteiger charge is 2.15. The molecule has 2 N–H and O–H groups in total. The second kappa shape index (κ2) is 7.62. The van der Waals surface area contributed by atoms with Gasteiger partial charge in [0, 0.05) is 24.8 Å². The lowest BCUT2D eigenvalue weighted by Crippen LogP contribution is -2.36. The summed E-state index contributed by atoms with van der Waals surface area (Å²) in [5.74, 6) is 0. The first-order valence-electron chi connectivity index (χ1n) is 7.62. The standard InChI is InChI=1S/C16H27N3O/c1-3-18(4-2)11-14-5-7-16(8-6-14)19-12-15(17)9-10-20-13-19/h5-8,15H,3-4,9-13,17H2,1-2H3. The maximum absolute atomic E-state index is 6.07. The van der Waals surface area contributed by atoms with Gasteiger partial charge in [0.25, 0.3) is 0 Å². The van der Waals surface area contributed by atoms with Gasteiger partial charge in [-0.15, -0.1) is 0 Å². The maximum atomic E-state index is 6.07. The fourth-order valence-electron chi connectivity index (χ4n) is 2.53. The number of nitrogens with zero attached hydrogens (tertiary/aromatic N) is 2. The summed E-state index contributed by atoms with van der Waals surface area (Å²) < 4.78 is 5.60. The van der Waals surface area contributed by atoms with Crippen molar-refractivity contribution < 1.29 is 4.74 Å². The summed E-state index contributed by atoms with van der Waals surface area (Å²) in [5.41, 5.74) is 8.62. The van der Waals surface area contributed by atoms with Crippen LogP contribution in [-0.4, -0.2) is 43.9 Å². The molecule has 1 aromatic carbocycles. The lowest BCUT2D eigenvalue weighted by molar-refractivity contribution is 0.145. The molecule has 0 aliphatic carbocycles. The number of anilines is 1. The average Bonchev–Trinajstić information content (AvgIpc) is 2.70. The fraction of sp³-hybridized carbons (Fsp3) is 0.625. The summed E-state index contributed by atoms with van der Waals surface area (Å²) >= 11 is 0. The zero-order chi connectivity index (χ0) is 14.4. The lowest BCUT2D eigenvalue weighted by atomic mass is 10.1. The van der Waals surface area contributed by atoms with Crippen LogP contribution in [0.1, 0.15) is 25.8 Å². The molecule has 1 aromatic rings. The second-order valence-corrected chi connectivity index (χ2v) is 5.44. The Balaban J connectivity index is 1.99. The van der Waals surface area contributed by atoms with Crippen molar-refractivity contribution in [3.8, 4) is 0 Å². The van der Waals surface area contributed by atoms with Crippen LogP contribution in [-0.2, 0) is 11.3 Å². The predicted octanol–water partition coefficient (Wildman–Crippen LogP) is 2.04. The summed E-state index contributed by atoms with van der Waals surface area (Å²) in [6.45, 7) is 9.88. The zero-order valence-corrected chi connectivity index (χ0v) is 12.7. The molecule has 1 unspecified atom stereocenters. The molecule has 0 aromatic heterocycles. The van der Waals surface area contributed by atoms with E-state index in [0.29, 0.717) is 6.73 Å². The number of rotatable bonds is 5. The molecule has 0 radical (unpaired) electrons. The minimum atomic E-state index is 0.202. The molecule has 20 heavy (non-hydrogen) atoms. The number of hydrogen-bond donors (Lipinski definition) is 1. The van der Waals surface area contributed by atoms with Crippen LogP contribution in [0, 0.1) is 0 Å². The van der Waals surface area contributed by atoms with Crippen molar-refractivity contribution >= 4 is 5.69 Å². The van der Waals surface area contributed by atoms with Crippen LogP contribution in [0.2, 0.25) is 0 Å². The van der Waals surface area contributed by atoms with Crippen LogP contribution in [0.5, 0.6) is 0 Å². The maximum Gasteiger partial charge on any atom is 0.118 e. The van der Waals surface area contributed by atoms with Crippen LogP contribution in [0.15, 0.2) is 24.3 Å². The quantitative estimate of drug-likeness (QED) is 0.894. The molecule has 0 spiro atoms. The third kappa shape index (κ3) is 4.20. The van der Waals surface area contributed by atoms with Crippen molar-refractivity contribution in [3.05, 3.63) is 29.8 Å². The molecule has 0 amide bonds. The smallest absolute Gasteiger partial charge is 0.118 e. The highest BCUT2D eigenvalue weighted by Crippen LogP contribution is 2.18. The summed E-state index contributed by atoms with van der Waals surface area (Å²) in [4.78, 5) is 4.64. The average molecular weight is 277 g/mol. The van der Waals surface area contributed by atoms with Gasteiger partial charge in [0.15, 0.2) is 0 Å². The largest absolute Gasteiger partial charge is 0.361 e. The second-order valence-electron chi connectivity index (χ2n) is 5.44. The Kier molecular flexibility index (Phi) is 5.83. The minimum Gasteiger partial charge on any atom is -0.361 e. The van der Waals surface area contributed by atoms with Crippen LogP contribution < -0.4 is 10.6 Å². The van der Waals surface area contributed by atoms with E-state index in [9.17, 15) is 0 Å². The molecular weight excluding hydrogens is 250 g/mol. The molecule has 1 saturated heterocycles. The summed E-state index contributed by atoms with van der Waals surface area (Å²) in [7, 11) is 0. The Labute approximate surface area is 122 Å². The van der Waals surface area contributed by atoms with Gasteiger partial charge >= 0.3 is 0 Å². The number of ether oxygens (including phenoxy) is 1. The molecule has 4 heteroatoms. The Hall–Kier alpha value is -1.10. The summed E-state index contributed by atoms with van der Waals surface area (Å²) in [5, 5.41) is 0. The van der Waals surface area contributed by atoms with Gasteiger partial charge in [-0.05, 0) is 37.2 Å². The fourth-order valence-corrected chi connectivity index (χ4v) is 2.53. The zero-order valence-electron chi connectivity index (χ0n) is 12.7. The van der Waals surface area contributed by atoms with E-state index in [1.54, 1.807) is 0 Å². The molecule has 1 atom stereocenters. The summed E-state index contributed by atoms with van der Waals surface area (Å²) in [6.07, 6.45) is 0.941. The van der Waals surface area contributed by atoms with Crippen LogP contribution in [0.4, 0.5) is 5.69 Å². The Morgan fingerprint density at radius 2 is 1.95 bits per heavy atom. The number of benzene rings is 1. The number of hydrogen-bond acceptors (Lipinski definition) is 4. The summed E-state index contributed by atoms with van der Waals surface area (Å²) in [6, 6.07) is 8.99. The van der Waals surface area contributed by atoms with Crippen molar-refractivity contribution in [3.63, 3.8) is 0 Å². The first-order chi connectivity index (χ1) is 9.72. The third-order valence-electron chi connectivity index (χ3n) is 3.94. The minimum absolute atomic E-state index is 0.202. The van der Waals surface area contributed by atoms with Crippen LogP contribution in [0.25, 0.3) is 0 Å². The van der Waals surface area contributed by atoms with Crippen LogP contribution >= 0.6 is 0 Å². The molecule has 0 saturated carbocycles. The lowest BCUT2D eigenvalue weighted by Gasteiger charge is -2.24. The normalized spacial score (nSPS) is 20.2. The van der Waals surface area contributed by atoms with E-state index in [1.807, 2.05) is 0 Å². The van der Waals surface area contributed by atoms with E-state index in [4.69, 9.17) is 10.5 Å². The Morgan fingerprint density at radius 3 is 2.60 bits per heavy atom. The van der Waals surface area contributed by atoms with Gasteiger partial charge in [0.2, 0.25) is 0 Å². The van der Waals surface area contributed by atoms with Gasteiger partial charge in [-0.2, -0.15) is 0 Å². The highest BCUT2D eigenvalue weighted by molar-refractivity contribution is 5.47. The molecular formula is C16H27N3O. The molecule has 1 aliphatic heterocycles. The molecule has 4 nitrogen and oxygen atoms in total. The van der Waals surface area contributed by atoms with E-state index in [0.717, 1.165) is 39.2 Å². The van der Waals surface area contributed by atoms with Gasteiger partial charge < -0.3 is 15.4 Å². The van der Waals surface area contributed by atoms with E-state index < -0.39 is 0 Å². The van der Waals surface area contributed by atoms with E-state index in [-0.39, 0.29) is 6.04 Å². The van der Waals surface area contributed by atoms with Gasteiger partial charge in [-0.1, -0.05) is 26.0 Å². The predicted molar refractivity (Wildman–Crippen MR) is 83.8 cm³/mol. The molecule has 1 aliphatic rings. The first kappa shape index (κ1) is 15.3. The van der Waals surface area contributed by atoms with Gasteiger partial charge in [-0.25, -0.2) is 0 Å². The van der Waals surface area contributed by atoms with E-state index >= 15 is 0 Å². The molecule has 112 valence electrons. The SMILES string of the molecule is CCN(CC)Cc1ccc(N2COCCC(N)C2)cc1. The molecule has 2 rings (SSSR count). The van der Waals surface area contributed by atoms with Gasteiger partial charge in [-0.3, -0.25) is 4.90 Å². The van der Waals surface area contributed by atoms with Crippen molar-refractivity contribution in [1.29, 1.82) is 0 Å². The first-order valence-corrected chi connectivity index (χ1v) is 7.62. The molecule has 0 bridgehead atoms. The van der Waals surface area contributed by atoms with Gasteiger partial charge in [0.05, 0.1) is 6.61 Å². The van der Waals surface area contributed by atoms with Crippen molar-refractivity contribution in [1.82, 2.24) is 4.90 Å². The molecule has 1 fully saturated rings. The van der Waals surface area contributed by atoms with Crippen molar-refractivity contribution in [2.45, 2.75) is 32.9 Å². The van der Waals surface area contributed by atoms with Crippen molar-refractivity contribution in [2.75, 3.05) is 37.9 Å². The monoisotopic (exact) mass is 277 g/mol. The number of nitrogens with two attached hydrogens (primary N) is 1. The topological polar surface area (TPSA) is 41.7 Å². The van der Waals surface area contributed by atoms with Crippen molar-refractivity contribution in [2.24, 2.45) is 5.73 Å². The molecule has 1 heterocycles. The van der Waals surface area contributed by atoms with E-state index in [1.165, 1.54) is 11.3 Å². The Morgan fingerprint density at radius 1 is 1.25 bits per heavy atom. The third-order valence-corrected chi connectivity index (χ3v) is 3.94.